The van der Waals surface area contributed by atoms with Crippen LogP contribution in [0.25, 0.3) is 0 Å². The van der Waals surface area contributed by atoms with Gasteiger partial charge in [-0.05, 0) is 32.0 Å². The van der Waals surface area contributed by atoms with Crippen molar-refractivity contribution in [2.24, 2.45) is 0 Å². The number of likely N-dealkylation sites (tertiary alicyclic amines) is 1. The molecule has 1 saturated heterocycles. The molecule has 4 heteroatoms. The molecule has 0 spiro atoms. The predicted molar refractivity (Wildman–Crippen MR) is 78.4 cm³/mol. The predicted octanol–water partition coefficient (Wildman–Crippen LogP) is 3.47. The molecule has 1 aromatic rings. The van der Waals surface area contributed by atoms with E-state index in [-0.39, 0.29) is 5.38 Å². The Bertz CT molecular complexity index is 405. The Kier molecular flexibility index (Phi) is 5.34. The monoisotopic (exact) mass is 283 g/mol. The van der Waals surface area contributed by atoms with Crippen molar-refractivity contribution in [1.29, 1.82) is 0 Å². The Labute approximate surface area is 120 Å². The van der Waals surface area contributed by atoms with E-state index in [4.69, 9.17) is 21.1 Å². The summed E-state index contributed by atoms with van der Waals surface area (Å²) in [6.45, 7) is 3.19. The van der Waals surface area contributed by atoms with Crippen molar-refractivity contribution in [2.45, 2.75) is 24.6 Å². The Hall–Kier alpha value is -0.930. The van der Waals surface area contributed by atoms with E-state index >= 15 is 0 Å². The van der Waals surface area contributed by atoms with Crippen molar-refractivity contribution < 1.29 is 9.47 Å². The number of nitrogens with zero attached hydrogens (tertiary/aromatic N) is 1. The molecule has 3 nitrogen and oxygen atoms in total. The van der Waals surface area contributed by atoms with Crippen molar-refractivity contribution in [3.8, 4) is 11.5 Å². The Balaban J connectivity index is 2.06. The fourth-order valence-electron chi connectivity index (χ4n) is 2.54. The van der Waals surface area contributed by atoms with E-state index in [0.717, 1.165) is 36.7 Å². The molecule has 1 aliphatic heterocycles. The Morgan fingerprint density at radius 3 is 2.53 bits per heavy atom. The van der Waals surface area contributed by atoms with E-state index in [9.17, 15) is 0 Å². The van der Waals surface area contributed by atoms with Crippen LogP contribution in [0.3, 0.4) is 0 Å². The largest absolute Gasteiger partial charge is 0.497 e. The van der Waals surface area contributed by atoms with Crippen molar-refractivity contribution in [1.82, 2.24) is 4.90 Å². The number of benzene rings is 1. The van der Waals surface area contributed by atoms with Gasteiger partial charge in [0.15, 0.2) is 0 Å². The summed E-state index contributed by atoms with van der Waals surface area (Å²) >= 11 is 6.56. The quantitative estimate of drug-likeness (QED) is 0.773. The second kappa shape index (κ2) is 7.01. The number of methoxy groups -OCH3 is 2. The molecule has 19 heavy (non-hydrogen) atoms. The Morgan fingerprint density at radius 1 is 1.16 bits per heavy atom. The van der Waals surface area contributed by atoms with Crippen molar-refractivity contribution >= 4 is 11.6 Å². The minimum absolute atomic E-state index is 0.0426. The van der Waals surface area contributed by atoms with Gasteiger partial charge in [0.05, 0.1) is 19.6 Å². The summed E-state index contributed by atoms with van der Waals surface area (Å²) in [6, 6.07) is 5.82. The number of rotatable bonds is 5. The van der Waals surface area contributed by atoms with E-state index in [1.807, 2.05) is 18.2 Å². The van der Waals surface area contributed by atoms with Gasteiger partial charge in [-0.15, -0.1) is 11.6 Å². The van der Waals surface area contributed by atoms with E-state index < -0.39 is 0 Å². The molecule has 1 fully saturated rings. The summed E-state index contributed by atoms with van der Waals surface area (Å²) < 4.78 is 10.6. The topological polar surface area (TPSA) is 21.7 Å². The van der Waals surface area contributed by atoms with Gasteiger partial charge in [0.25, 0.3) is 0 Å². The molecular weight excluding hydrogens is 262 g/mol. The van der Waals surface area contributed by atoms with E-state index in [1.54, 1.807) is 14.2 Å². The molecule has 1 aromatic carbocycles. The molecule has 106 valence electrons. The lowest BCUT2D eigenvalue weighted by molar-refractivity contribution is 0.228. The van der Waals surface area contributed by atoms with Gasteiger partial charge in [0.1, 0.15) is 11.5 Å². The number of hydrogen-bond donors (Lipinski definition) is 0. The molecule has 0 N–H and O–H groups in total. The first-order valence-corrected chi connectivity index (χ1v) is 7.26. The van der Waals surface area contributed by atoms with Gasteiger partial charge < -0.3 is 14.4 Å². The third-order valence-electron chi connectivity index (χ3n) is 3.65. The smallest absolute Gasteiger partial charge is 0.127 e. The molecule has 1 heterocycles. The van der Waals surface area contributed by atoms with Gasteiger partial charge in [-0.1, -0.05) is 12.5 Å². The summed E-state index contributed by atoms with van der Waals surface area (Å²) in [4.78, 5) is 2.44. The molecular formula is C15H22ClNO2. The zero-order valence-corrected chi connectivity index (χ0v) is 12.4. The van der Waals surface area contributed by atoms with Crippen LogP contribution in [0.15, 0.2) is 18.2 Å². The molecule has 0 aliphatic carbocycles. The zero-order valence-electron chi connectivity index (χ0n) is 11.7. The van der Waals surface area contributed by atoms with Gasteiger partial charge in [-0.25, -0.2) is 0 Å². The van der Waals surface area contributed by atoms with Crippen LogP contribution in [-0.4, -0.2) is 38.8 Å². The van der Waals surface area contributed by atoms with Crippen LogP contribution >= 0.6 is 11.6 Å². The average Bonchev–Trinajstić information content (AvgIpc) is 2.47. The first kappa shape index (κ1) is 14.5. The summed E-state index contributed by atoms with van der Waals surface area (Å²) in [7, 11) is 3.32. The van der Waals surface area contributed by atoms with Gasteiger partial charge in [-0.2, -0.15) is 0 Å². The van der Waals surface area contributed by atoms with E-state index in [2.05, 4.69) is 4.90 Å². The SMILES string of the molecule is COc1ccc(C(Cl)CN2CCCCC2)c(OC)c1. The minimum Gasteiger partial charge on any atom is -0.497 e. The molecule has 0 radical (unpaired) electrons. The molecule has 1 aliphatic rings. The maximum Gasteiger partial charge on any atom is 0.127 e. The van der Waals surface area contributed by atoms with Crippen LogP contribution in [-0.2, 0) is 0 Å². The highest BCUT2D eigenvalue weighted by atomic mass is 35.5. The Morgan fingerprint density at radius 2 is 1.89 bits per heavy atom. The number of alkyl halides is 1. The highest BCUT2D eigenvalue weighted by Crippen LogP contribution is 2.33. The highest BCUT2D eigenvalue weighted by Gasteiger charge is 2.19. The second-order valence-electron chi connectivity index (χ2n) is 4.94. The number of piperidine rings is 1. The maximum atomic E-state index is 6.56. The van der Waals surface area contributed by atoms with Gasteiger partial charge in [-0.3, -0.25) is 0 Å². The number of halogens is 1. The highest BCUT2D eigenvalue weighted by molar-refractivity contribution is 6.21. The average molecular weight is 284 g/mol. The van der Waals surface area contributed by atoms with Crippen LogP contribution in [0.1, 0.15) is 30.2 Å². The fraction of sp³-hybridized carbons (Fsp3) is 0.600. The minimum atomic E-state index is -0.0426. The summed E-state index contributed by atoms with van der Waals surface area (Å²) in [5.74, 6) is 1.60. The molecule has 1 atom stereocenters. The maximum absolute atomic E-state index is 6.56. The summed E-state index contributed by atoms with van der Waals surface area (Å²) in [5.41, 5.74) is 1.04. The van der Waals surface area contributed by atoms with Crippen molar-refractivity contribution in [2.75, 3.05) is 33.9 Å². The lowest BCUT2D eigenvalue weighted by atomic mass is 10.1. The van der Waals surface area contributed by atoms with Crippen LogP contribution in [0.4, 0.5) is 0 Å². The van der Waals surface area contributed by atoms with Gasteiger partial charge in [0.2, 0.25) is 0 Å². The molecule has 1 unspecified atom stereocenters. The molecule has 0 aromatic heterocycles. The van der Waals surface area contributed by atoms with E-state index in [1.165, 1.54) is 19.3 Å². The number of ether oxygens (including phenoxy) is 2. The lowest BCUT2D eigenvalue weighted by Crippen LogP contribution is -2.32. The molecule has 0 amide bonds. The first-order chi connectivity index (χ1) is 9.24. The molecule has 0 bridgehead atoms. The third kappa shape index (κ3) is 3.77. The van der Waals surface area contributed by atoms with Crippen molar-refractivity contribution in [3.05, 3.63) is 23.8 Å². The van der Waals surface area contributed by atoms with Gasteiger partial charge in [0, 0.05) is 18.2 Å². The first-order valence-electron chi connectivity index (χ1n) is 6.83. The summed E-state index contributed by atoms with van der Waals surface area (Å²) in [5, 5.41) is -0.0426. The number of hydrogen-bond acceptors (Lipinski definition) is 3. The second-order valence-corrected chi connectivity index (χ2v) is 5.46. The standard InChI is InChI=1S/C15H22ClNO2/c1-18-12-6-7-13(15(10-12)19-2)14(16)11-17-8-4-3-5-9-17/h6-7,10,14H,3-5,8-9,11H2,1-2H3. The lowest BCUT2D eigenvalue weighted by Gasteiger charge is -2.28. The van der Waals surface area contributed by atoms with Crippen molar-refractivity contribution in [3.63, 3.8) is 0 Å². The zero-order chi connectivity index (χ0) is 13.7. The fourth-order valence-corrected chi connectivity index (χ4v) is 2.92. The van der Waals surface area contributed by atoms with Crippen LogP contribution in [0.2, 0.25) is 0 Å². The van der Waals surface area contributed by atoms with Crippen LogP contribution < -0.4 is 9.47 Å². The van der Waals surface area contributed by atoms with Crippen LogP contribution in [0.5, 0.6) is 11.5 Å². The molecule has 0 saturated carbocycles. The molecule has 2 rings (SSSR count). The third-order valence-corrected chi connectivity index (χ3v) is 4.02. The van der Waals surface area contributed by atoms with Gasteiger partial charge >= 0.3 is 0 Å². The van der Waals surface area contributed by atoms with Crippen LogP contribution in [0, 0.1) is 0 Å². The normalized spacial score (nSPS) is 18.1. The summed E-state index contributed by atoms with van der Waals surface area (Å²) in [6.07, 6.45) is 3.90. The van der Waals surface area contributed by atoms with E-state index in [0.29, 0.717) is 0 Å².